The molecule has 0 radical (unpaired) electrons. The molecule has 0 aliphatic heterocycles. The Morgan fingerprint density at radius 1 is 0.941 bits per heavy atom. The number of hydrogen-bond acceptors (Lipinski definition) is 7. The number of anilines is 1. The summed E-state index contributed by atoms with van der Waals surface area (Å²) in [6, 6.07) is 16.2. The van der Waals surface area contributed by atoms with E-state index in [1.165, 1.54) is 59.4 Å². The van der Waals surface area contributed by atoms with Gasteiger partial charge in [-0.15, -0.1) is 0 Å². The number of ether oxygens (including phenoxy) is 2. The van der Waals surface area contributed by atoms with Crippen LogP contribution in [0.15, 0.2) is 90.1 Å². The molecule has 3 aromatic carbocycles. The summed E-state index contributed by atoms with van der Waals surface area (Å²) < 4.78 is 45.1. The molecule has 1 amide bonds. The normalized spacial score (nSPS) is 13.0. The van der Waals surface area contributed by atoms with Gasteiger partial charge in [0.25, 0.3) is 11.5 Å². The number of carbonyl (C=O) groups is 2. The molecule has 1 fully saturated rings. The van der Waals surface area contributed by atoms with Crippen LogP contribution < -0.4 is 15.6 Å². The summed E-state index contributed by atoms with van der Waals surface area (Å²) in [6.07, 6.45) is 5.83. The van der Waals surface area contributed by atoms with E-state index in [0.717, 1.165) is 40.2 Å². The number of aromatic nitrogens is 5. The molecule has 7 rings (SSSR count). The second kappa shape index (κ2) is 13.0. The number of pyridine rings is 1. The molecule has 0 saturated heterocycles. The number of fused-ring (bicyclic) bond motifs is 1. The third kappa shape index (κ3) is 6.87. The molecule has 1 saturated carbocycles. The summed E-state index contributed by atoms with van der Waals surface area (Å²) in [5.74, 6) is -1.64. The van der Waals surface area contributed by atoms with Crippen molar-refractivity contribution in [1.82, 2.24) is 24.1 Å². The lowest BCUT2D eigenvalue weighted by atomic mass is 10.1. The number of halogens is 2. The maximum absolute atomic E-state index is 15.6. The highest BCUT2D eigenvalue weighted by Crippen LogP contribution is 2.41. The third-order valence-corrected chi connectivity index (χ3v) is 8.36. The van der Waals surface area contributed by atoms with E-state index in [-0.39, 0.29) is 28.7 Å². The summed E-state index contributed by atoms with van der Waals surface area (Å²) in [7, 11) is 0. The standard InChI is InChI=1S/C38H34F2N6O5/c1-5-44-32-18-29(24-20-42-45(21-24)37(49)51-38(2,3)4)34(16-23(32)19-41-44)50-33-15-10-26(17-30(33)40)43-35(47)28-13-14-31(22-6-7-22)46(36(28)48)27-11-8-25(39)9-12-27/h8-22H,5-7H2,1-4H3,(H,43,47). The van der Waals surface area contributed by atoms with Crippen molar-refractivity contribution in [3.8, 4) is 28.3 Å². The number of nitrogens with one attached hydrogen (secondary N) is 1. The van der Waals surface area contributed by atoms with Crippen LogP contribution in [0.5, 0.6) is 11.5 Å². The van der Waals surface area contributed by atoms with Gasteiger partial charge in [0.2, 0.25) is 0 Å². The number of nitrogens with zero attached hydrogens (tertiary/aromatic N) is 5. The molecule has 0 bridgehead atoms. The molecule has 51 heavy (non-hydrogen) atoms. The Balaban J connectivity index is 1.17. The van der Waals surface area contributed by atoms with Crippen LogP contribution in [0.25, 0.3) is 27.7 Å². The van der Waals surface area contributed by atoms with Crippen molar-refractivity contribution >= 4 is 28.6 Å². The van der Waals surface area contributed by atoms with Crippen LogP contribution in [0, 0.1) is 11.6 Å². The fraction of sp³-hybridized carbons (Fsp3) is 0.237. The van der Waals surface area contributed by atoms with Gasteiger partial charge < -0.3 is 14.8 Å². The minimum absolute atomic E-state index is 0.0994. The van der Waals surface area contributed by atoms with Crippen LogP contribution in [0.1, 0.15) is 62.5 Å². The van der Waals surface area contributed by atoms with Gasteiger partial charge in [-0.25, -0.2) is 13.6 Å². The average molecular weight is 693 g/mol. The van der Waals surface area contributed by atoms with Crippen molar-refractivity contribution in [2.45, 2.75) is 58.6 Å². The largest absolute Gasteiger partial charge is 0.454 e. The summed E-state index contributed by atoms with van der Waals surface area (Å²) in [4.78, 5) is 39.6. The van der Waals surface area contributed by atoms with Crippen molar-refractivity contribution in [3.05, 3.63) is 119 Å². The first-order valence-corrected chi connectivity index (χ1v) is 16.5. The molecule has 13 heteroatoms. The van der Waals surface area contributed by atoms with Crippen LogP contribution >= 0.6 is 0 Å². The lowest BCUT2D eigenvalue weighted by molar-refractivity contribution is 0.0514. The van der Waals surface area contributed by atoms with Gasteiger partial charge >= 0.3 is 6.09 Å². The Hall–Kier alpha value is -6.11. The van der Waals surface area contributed by atoms with E-state index in [4.69, 9.17) is 9.47 Å². The van der Waals surface area contributed by atoms with Crippen molar-refractivity contribution in [3.63, 3.8) is 0 Å². The van der Waals surface area contributed by atoms with Gasteiger partial charge in [0.15, 0.2) is 11.6 Å². The smallest absolute Gasteiger partial charge is 0.435 e. The molecular formula is C38H34F2N6O5. The number of benzene rings is 3. The first kappa shape index (κ1) is 33.4. The van der Waals surface area contributed by atoms with Gasteiger partial charge in [0.1, 0.15) is 22.7 Å². The van der Waals surface area contributed by atoms with E-state index in [1.54, 1.807) is 43.8 Å². The summed E-state index contributed by atoms with van der Waals surface area (Å²) >= 11 is 0. The van der Waals surface area contributed by atoms with Crippen LogP contribution in [0.3, 0.4) is 0 Å². The molecule has 0 spiro atoms. The van der Waals surface area contributed by atoms with Gasteiger partial charge in [-0.1, -0.05) is 0 Å². The van der Waals surface area contributed by atoms with Crippen molar-refractivity contribution in [2.75, 3.05) is 5.32 Å². The monoisotopic (exact) mass is 692 g/mol. The molecule has 6 aromatic rings. The van der Waals surface area contributed by atoms with E-state index < -0.39 is 34.8 Å². The predicted molar refractivity (Wildman–Crippen MR) is 187 cm³/mol. The molecule has 260 valence electrons. The Bertz CT molecular complexity index is 2370. The van der Waals surface area contributed by atoms with E-state index in [1.807, 2.05) is 13.0 Å². The maximum Gasteiger partial charge on any atom is 0.435 e. The number of amides is 1. The van der Waals surface area contributed by atoms with E-state index in [9.17, 15) is 18.8 Å². The van der Waals surface area contributed by atoms with Crippen molar-refractivity contribution < 1.29 is 27.8 Å². The Morgan fingerprint density at radius 3 is 2.39 bits per heavy atom. The van der Waals surface area contributed by atoms with Gasteiger partial charge in [0, 0.05) is 52.4 Å². The molecular weight excluding hydrogens is 658 g/mol. The second-order valence-electron chi connectivity index (χ2n) is 13.3. The molecule has 0 unspecified atom stereocenters. The zero-order chi connectivity index (χ0) is 36.0. The van der Waals surface area contributed by atoms with Crippen LogP contribution in [-0.2, 0) is 11.3 Å². The van der Waals surface area contributed by atoms with Crippen LogP contribution in [0.4, 0.5) is 19.3 Å². The molecule has 0 atom stereocenters. The van der Waals surface area contributed by atoms with Crippen molar-refractivity contribution in [1.29, 1.82) is 0 Å². The Labute approximate surface area is 291 Å². The average Bonchev–Trinajstić information content (AvgIpc) is 3.66. The second-order valence-corrected chi connectivity index (χ2v) is 13.3. The zero-order valence-electron chi connectivity index (χ0n) is 28.3. The van der Waals surface area contributed by atoms with Crippen LogP contribution in [0.2, 0.25) is 0 Å². The van der Waals surface area contributed by atoms with Crippen LogP contribution in [-0.4, -0.2) is 41.7 Å². The zero-order valence-corrected chi connectivity index (χ0v) is 28.3. The summed E-state index contributed by atoms with van der Waals surface area (Å²) in [5.41, 5.74) is 1.69. The topological polar surface area (TPSA) is 122 Å². The van der Waals surface area contributed by atoms with Gasteiger partial charge in [0.05, 0.1) is 17.9 Å². The quantitative estimate of drug-likeness (QED) is 0.171. The van der Waals surface area contributed by atoms with E-state index in [0.29, 0.717) is 23.4 Å². The fourth-order valence-corrected chi connectivity index (χ4v) is 5.80. The van der Waals surface area contributed by atoms with Gasteiger partial charge in [-0.3, -0.25) is 18.8 Å². The molecule has 1 aliphatic carbocycles. The fourth-order valence-electron chi connectivity index (χ4n) is 5.80. The molecule has 3 aromatic heterocycles. The highest BCUT2D eigenvalue weighted by molar-refractivity contribution is 6.04. The lowest BCUT2D eigenvalue weighted by Crippen LogP contribution is -2.30. The molecule has 1 N–H and O–H groups in total. The first-order chi connectivity index (χ1) is 24.4. The number of aryl methyl sites for hydroxylation is 1. The first-order valence-electron chi connectivity index (χ1n) is 16.5. The van der Waals surface area contributed by atoms with E-state index >= 15 is 4.39 Å². The predicted octanol–water partition coefficient (Wildman–Crippen LogP) is 8.05. The maximum atomic E-state index is 15.6. The summed E-state index contributed by atoms with van der Waals surface area (Å²) in [5, 5.41) is 11.9. The number of rotatable bonds is 8. The minimum atomic E-state index is -0.777. The highest BCUT2D eigenvalue weighted by Gasteiger charge is 2.29. The SMILES string of the molecule is CCn1ncc2cc(Oc3ccc(NC(=O)c4ccc(C5CC5)n(-c5ccc(F)cc5)c4=O)cc3F)c(-c3cnn(C(=O)OC(C)(C)C)c3)cc21. The summed E-state index contributed by atoms with van der Waals surface area (Å²) in [6.45, 7) is 7.82. The lowest BCUT2D eigenvalue weighted by Gasteiger charge is -2.18. The molecule has 3 heterocycles. The Kier molecular flexibility index (Phi) is 8.49. The van der Waals surface area contributed by atoms with E-state index in [2.05, 4.69) is 15.5 Å². The number of hydrogen-bond donors (Lipinski definition) is 1. The van der Waals surface area contributed by atoms with Gasteiger partial charge in [-0.2, -0.15) is 14.9 Å². The number of carbonyl (C=O) groups excluding carboxylic acids is 2. The molecule has 11 nitrogen and oxygen atoms in total. The highest BCUT2D eigenvalue weighted by atomic mass is 19.1. The molecule has 1 aliphatic rings. The third-order valence-electron chi connectivity index (χ3n) is 8.36. The van der Waals surface area contributed by atoms with Gasteiger partial charge in [-0.05, 0) is 107 Å². The van der Waals surface area contributed by atoms with Crippen molar-refractivity contribution in [2.24, 2.45) is 0 Å². The Morgan fingerprint density at radius 2 is 1.71 bits per heavy atom. The minimum Gasteiger partial charge on any atom is -0.454 e.